The standard InChI is InChI=1S/C8H3I4NS/c1-2-13-7-5(11)3(9)4(10)6(12)8(7)14-2/h1H3. The molecule has 14 heavy (non-hydrogen) atoms. The number of aromatic nitrogens is 1. The van der Waals surface area contributed by atoms with Crippen LogP contribution in [0.3, 0.4) is 0 Å². The van der Waals surface area contributed by atoms with Gasteiger partial charge in [0, 0.05) is 10.7 Å². The molecular weight excluding hydrogens is 650 g/mol. The molecule has 2 aromatic rings. The molecule has 0 saturated heterocycles. The zero-order valence-corrected chi connectivity index (χ0v) is 16.3. The van der Waals surface area contributed by atoms with Crippen LogP contribution in [0.5, 0.6) is 0 Å². The summed E-state index contributed by atoms with van der Waals surface area (Å²) >= 11 is 11.4. The Morgan fingerprint density at radius 2 is 1.50 bits per heavy atom. The fourth-order valence-corrected chi connectivity index (χ4v) is 5.97. The van der Waals surface area contributed by atoms with Gasteiger partial charge in [0.1, 0.15) is 0 Å². The molecule has 0 aliphatic carbocycles. The molecule has 0 radical (unpaired) electrons. The Hall–Kier alpha value is 2.03. The van der Waals surface area contributed by atoms with Gasteiger partial charge in [0.25, 0.3) is 0 Å². The molecule has 0 aliphatic rings. The summed E-state index contributed by atoms with van der Waals surface area (Å²) in [6.07, 6.45) is 0. The molecule has 1 aromatic heterocycles. The molecule has 74 valence electrons. The minimum Gasteiger partial charge on any atom is -0.240 e. The monoisotopic (exact) mass is 653 g/mol. The van der Waals surface area contributed by atoms with Crippen molar-refractivity contribution < 1.29 is 0 Å². The summed E-state index contributed by atoms with van der Waals surface area (Å²) in [7, 11) is 0. The van der Waals surface area contributed by atoms with Crippen molar-refractivity contribution in [3.05, 3.63) is 19.3 Å². The number of rotatable bonds is 0. The van der Waals surface area contributed by atoms with Crippen LogP contribution >= 0.6 is 102 Å². The van der Waals surface area contributed by atoms with Crippen LogP contribution in [0.1, 0.15) is 5.01 Å². The van der Waals surface area contributed by atoms with Gasteiger partial charge in [0.15, 0.2) is 0 Å². The number of nitrogens with zero attached hydrogens (tertiary/aromatic N) is 1. The molecule has 0 N–H and O–H groups in total. The van der Waals surface area contributed by atoms with Crippen molar-refractivity contribution >= 4 is 112 Å². The summed E-state index contributed by atoms with van der Waals surface area (Å²) in [4.78, 5) is 4.57. The average Bonchev–Trinajstić information content (AvgIpc) is 2.54. The Labute approximate surface area is 140 Å². The van der Waals surface area contributed by atoms with Crippen LogP contribution in [0.2, 0.25) is 0 Å². The fraction of sp³-hybridized carbons (Fsp3) is 0.125. The molecule has 1 nitrogen and oxygen atoms in total. The van der Waals surface area contributed by atoms with Crippen molar-refractivity contribution in [1.29, 1.82) is 0 Å². The highest BCUT2D eigenvalue weighted by molar-refractivity contribution is 14.1. The number of halogens is 4. The summed E-state index contributed by atoms with van der Waals surface area (Å²) in [6.45, 7) is 2.07. The molecule has 0 unspecified atom stereocenters. The lowest BCUT2D eigenvalue weighted by molar-refractivity contribution is 1.33. The van der Waals surface area contributed by atoms with E-state index in [4.69, 9.17) is 0 Å². The second-order valence-electron chi connectivity index (χ2n) is 2.67. The summed E-state index contributed by atoms with van der Waals surface area (Å²) in [5.41, 5.74) is 1.17. The third-order valence-corrected chi connectivity index (χ3v) is 10.5. The van der Waals surface area contributed by atoms with Gasteiger partial charge in [0.05, 0.1) is 18.8 Å². The number of hydrogen-bond donors (Lipinski definition) is 0. The Kier molecular flexibility index (Phi) is 4.21. The van der Waals surface area contributed by atoms with Gasteiger partial charge in [-0.3, -0.25) is 0 Å². The van der Waals surface area contributed by atoms with Gasteiger partial charge in [0.2, 0.25) is 0 Å². The van der Waals surface area contributed by atoms with Crippen LogP contribution in [0.15, 0.2) is 0 Å². The van der Waals surface area contributed by atoms with E-state index in [1.54, 1.807) is 11.3 Å². The van der Waals surface area contributed by atoms with E-state index in [0.717, 1.165) is 5.01 Å². The second kappa shape index (κ2) is 4.72. The first-order chi connectivity index (χ1) is 6.52. The van der Waals surface area contributed by atoms with Gasteiger partial charge in [-0.15, -0.1) is 11.3 Å². The van der Waals surface area contributed by atoms with Crippen LogP contribution in [-0.2, 0) is 0 Å². The lowest BCUT2D eigenvalue weighted by atomic mass is 10.3. The lowest BCUT2D eigenvalue weighted by Crippen LogP contribution is -1.91. The van der Waals surface area contributed by atoms with Gasteiger partial charge in [-0.25, -0.2) is 4.98 Å². The third-order valence-electron chi connectivity index (χ3n) is 1.72. The number of thiazole rings is 1. The SMILES string of the molecule is Cc1nc2c(I)c(I)c(I)c(I)c2s1. The predicted octanol–water partition coefficient (Wildman–Crippen LogP) is 5.02. The molecule has 0 fully saturated rings. The first kappa shape index (κ1) is 12.5. The quantitative estimate of drug-likeness (QED) is 0.221. The van der Waals surface area contributed by atoms with Crippen LogP contribution < -0.4 is 0 Å². The van der Waals surface area contributed by atoms with Crippen LogP contribution in [0.25, 0.3) is 10.2 Å². The molecule has 1 heterocycles. The highest BCUT2D eigenvalue weighted by atomic mass is 127. The zero-order valence-electron chi connectivity index (χ0n) is 6.87. The first-order valence-corrected chi connectivity index (χ1v) is 8.74. The van der Waals surface area contributed by atoms with Crippen molar-refractivity contribution in [2.24, 2.45) is 0 Å². The first-order valence-electron chi connectivity index (χ1n) is 3.61. The van der Waals surface area contributed by atoms with Crippen molar-refractivity contribution in [3.63, 3.8) is 0 Å². The molecule has 0 atom stereocenters. The zero-order chi connectivity index (χ0) is 10.5. The largest absolute Gasteiger partial charge is 0.240 e. The Bertz CT molecular complexity index is 475. The van der Waals surface area contributed by atoms with Gasteiger partial charge >= 0.3 is 0 Å². The molecule has 0 aliphatic heterocycles. The molecule has 2 rings (SSSR count). The van der Waals surface area contributed by atoms with E-state index in [1.807, 2.05) is 0 Å². The smallest absolute Gasteiger partial charge is 0.0970 e. The Morgan fingerprint density at radius 1 is 0.929 bits per heavy atom. The maximum absolute atomic E-state index is 4.57. The fourth-order valence-electron chi connectivity index (χ4n) is 1.12. The molecule has 6 heteroatoms. The Morgan fingerprint density at radius 3 is 2.14 bits per heavy atom. The lowest BCUT2D eigenvalue weighted by Gasteiger charge is -2.03. The molecule has 0 saturated carbocycles. The van der Waals surface area contributed by atoms with E-state index in [2.05, 4.69) is 102 Å². The normalized spacial score (nSPS) is 11.2. The minimum absolute atomic E-state index is 1.15. The maximum atomic E-state index is 4.57. The van der Waals surface area contributed by atoms with E-state index < -0.39 is 0 Å². The molecule has 1 aromatic carbocycles. The highest BCUT2D eigenvalue weighted by Crippen LogP contribution is 2.36. The number of hydrogen-bond acceptors (Lipinski definition) is 2. The predicted molar refractivity (Wildman–Crippen MR) is 95.2 cm³/mol. The number of benzene rings is 1. The molecular formula is C8H3I4NS. The molecule has 0 bridgehead atoms. The van der Waals surface area contributed by atoms with Crippen molar-refractivity contribution in [1.82, 2.24) is 4.98 Å². The molecule has 0 spiro atoms. The Balaban J connectivity index is 3.01. The van der Waals surface area contributed by atoms with Crippen LogP contribution in [-0.4, -0.2) is 4.98 Å². The van der Waals surface area contributed by atoms with Gasteiger partial charge in [-0.2, -0.15) is 0 Å². The van der Waals surface area contributed by atoms with Crippen molar-refractivity contribution in [3.8, 4) is 0 Å². The van der Waals surface area contributed by atoms with E-state index in [-0.39, 0.29) is 0 Å². The van der Waals surface area contributed by atoms with Crippen LogP contribution in [0, 0.1) is 21.2 Å². The summed E-state index contributed by atoms with van der Waals surface area (Å²) in [5, 5.41) is 1.15. The summed E-state index contributed by atoms with van der Waals surface area (Å²) in [6, 6.07) is 0. The minimum atomic E-state index is 1.15. The van der Waals surface area contributed by atoms with Crippen LogP contribution in [0.4, 0.5) is 0 Å². The van der Waals surface area contributed by atoms with Gasteiger partial charge < -0.3 is 0 Å². The number of aryl methyl sites for hydroxylation is 1. The van der Waals surface area contributed by atoms with Crippen molar-refractivity contribution in [2.45, 2.75) is 6.92 Å². The van der Waals surface area contributed by atoms with E-state index in [0.29, 0.717) is 0 Å². The van der Waals surface area contributed by atoms with Crippen molar-refractivity contribution in [2.75, 3.05) is 0 Å². The maximum Gasteiger partial charge on any atom is 0.0970 e. The van der Waals surface area contributed by atoms with E-state index >= 15 is 0 Å². The third kappa shape index (κ3) is 2.06. The summed E-state index contributed by atoms with van der Waals surface area (Å²) in [5.74, 6) is 0. The van der Waals surface area contributed by atoms with Gasteiger partial charge in [-0.05, 0) is 97.3 Å². The number of fused-ring (bicyclic) bond motifs is 1. The van der Waals surface area contributed by atoms with E-state index in [1.165, 1.54) is 24.5 Å². The molecule has 0 amide bonds. The second-order valence-corrected chi connectivity index (χ2v) is 8.18. The average molecular weight is 653 g/mol. The summed E-state index contributed by atoms with van der Waals surface area (Å²) < 4.78 is 6.63. The van der Waals surface area contributed by atoms with Gasteiger partial charge in [-0.1, -0.05) is 0 Å². The topological polar surface area (TPSA) is 12.9 Å². The highest BCUT2D eigenvalue weighted by Gasteiger charge is 2.16. The van der Waals surface area contributed by atoms with E-state index in [9.17, 15) is 0 Å².